The zero-order chi connectivity index (χ0) is 16.0. The van der Waals surface area contributed by atoms with Gasteiger partial charge in [0.2, 0.25) is 0 Å². The number of carbonyl (C=O) groups excluding carboxylic acids is 1. The first-order chi connectivity index (χ1) is 11.2. The molecule has 1 N–H and O–H groups in total. The third-order valence-corrected chi connectivity index (χ3v) is 5.03. The molecule has 1 amide bonds. The average molecular weight is 315 g/mol. The number of aromatic nitrogens is 2. The van der Waals surface area contributed by atoms with Crippen molar-refractivity contribution in [2.75, 3.05) is 20.3 Å². The molecule has 1 aliphatic carbocycles. The van der Waals surface area contributed by atoms with Crippen molar-refractivity contribution in [1.29, 1.82) is 0 Å². The Kier molecular flexibility index (Phi) is 3.58. The van der Waals surface area contributed by atoms with E-state index in [1.54, 1.807) is 7.11 Å². The summed E-state index contributed by atoms with van der Waals surface area (Å²) < 4.78 is 12.9. The van der Waals surface area contributed by atoms with Crippen LogP contribution in [0.1, 0.15) is 22.5 Å². The van der Waals surface area contributed by atoms with E-state index in [-0.39, 0.29) is 24.0 Å². The van der Waals surface area contributed by atoms with Crippen molar-refractivity contribution in [2.45, 2.75) is 25.5 Å². The number of rotatable bonds is 4. The van der Waals surface area contributed by atoms with Crippen LogP contribution in [0.2, 0.25) is 0 Å². The summed E-state index contributed by atoms with van der Waals surface area (Å²) in [6, 6.07) is 3.81. The zero-order valence-corrected chi connectivity index (χ0v) is 13.4. The molecule has 2 fully saturated rings. The van der Waals surface area contributed by atoms with Gasteiger partial charge in [-0.3, -0.25) is 4.79 Å². The number of hydrogen-bond donors (Lipinski definition) is 1. The summed E-state index contributed by atoms with van der Waals surface area (Å²) in [7, 11) is 1.69. The fourth-order valence-corrected chi connectivity index (χ4v) is 3.98. The van der Waals surface area contributed by atoms with Gasteiger partial charge in [0.25, 0.3) is 5.91 Å². The Labute approximate surface area is 134 Å². The highest BCUT2D eigenvalue weighted by atomic mass is 16.5. The van der Waals surface area contributed by atoms with Crippen LogP contribution in [-0.4, -0.2) is 47.8 Å². The minimum atomic E-state index is -0.0716. The summed E-state index contributed by atoms with van der Waals surface area (Å²) in [4.78, 5) is 17.2. The lowest BCUT2D eigenvalue weighted by Gasteiger charge is -2.47. The Morgan fingerprint density at radius 3 is 3.26 bits per heavy atom. The van der Waals surface area contributed by atoms with E-state index in [0.29, 0.717) is 23.7 Å². The molecule has 1 aliphatic heterocycles. The summed E-state index contributed by atoms with van der Waals surface area (Å²) in [5, 5.41) is 3.19. The van der Waals surface area contributed by atoms with Crippen molar-refractivity contribution < 1.29 is 14.3 Å². The number of ether oxygens (including phenoxy) is 2. The van der Waals surface area contributed by atoms with E-state index in [0.717, 1.165) is 18.7 Å². The number of fused-ring (bicyclic) bond motifs is 2. The first kappa shape index (κ1) is 14.7. The molecule has 4 rings (SSSR count). The molecule has 1 saturated carbocycles. The third kappa shape index (κ3) is 2.33. The van der Waals surface area contributed by atoms with Crippen LogP contribution in [0.5, 0.6) is 0 Å². The molecule has 1 saturated heterocycles. The van der Waals surface area contributed by atoms with Crippen molar-refractivity contribution >= 4 is 11.6 Å². The lowest BCUT2D eigenvalue weighted by atomic mass is 9.67. The summed E-state index contributed by atoms with van der Waals surface area (Å²) >= 11 is 0. The standard InChI is InChI=1S/C17H21N3O3/c1-10-8-20-6-3-4-12(16(20)18-10)17(21)19-14-11-5-7-23-15(11)13(14)9-22-2/h3-4,6,8,11,13-15H,5,7,9H2,1-2H3,(H,19,21)/t11-,13+,14-,15-/m0/s1. The van der Waals surface area contributed by atoms with Crippen LogP contribution < -0.4 is 5.32 Å². The van der Waals surface area contributed by atoms with Gasteiger partial charge in [0.15, 0.2) is 0 Å². The molecule has 2 aromatic rings. The van der Waals surface area contributed by atoms with Gasteiger partial charge in [-0.1, -0.05) is 0 Å². The van der Waals surface area contributed by atoms with Crippen molar-refractivity contribution in [3.05, 3.63) is 35.8 Å². The van der Waals surface area contributed by atoms with Gasteiger partial charge in [-0.05, 0) is 25.5 Å². The SMILES string of the molecule is COC[C@@H]1[C@@H](NC(=O)c2cccn3cc(C)nc23)[C@@H]2CCO[C@H]12. The molecule has 0 unspecified atom stereocenters. The van der Waals surface area contributed by atoms with Gasteiger partial charge in [0.1, 0.15) is 5.65 Å². The van der Waals surface area contributed by atoms with E-state index in [2.05, 4.69) is 10.3 Å². The first-order valence-electron chi connectivity index (χ1n) is 8.05. The maximum Gasteiger partial charge on any atom is 0.255 e. The van der Waals surface area contributed by atoms with Crippen molar-refractivity contribution in [3.8, 4) is 0 Å². The van der Waals surface area contributed by atoms with Crippen LogP contribution in [0, 0.1) is 18.8 Å². The van der Waals surface area contributed by atoms with Gasteiger partial charge in [-0.25, -0.2) is 4.98 Å². The lowest BCUT2D eigenvalue weighted by molar-refractivity contribution is -0.0809. The quantitative estimate of drug-likeness (QED) is 0.927. The molecule has 122 valence electrons. The third-order valence-electron chi connectivity index (χ3n) is 5.03. The first-order valence-corrected chi connectivity index (χ1v) is 8.05. The van der Waals surface area contributed by atoms with Gasteiger partial charge in [0, 0.05) is 44.0 Å². The maximum absolute atomic E-state index is 12.8. The number of amides is 1. The highest BCUT2D eigenvalue weighted by Gasteiger charge is 2.54. The number of nitrogens with one attached hydrogen (secondary N) is 1. The Bertz CT molecular complexity index is 742. The van der Waals surface area contributed by atoms with Crippen LogP contribution >= 0.6 is 0 Å². The Morgan fingerprint density at radius 1 is 1.57 bits per heavy atom. The molecule has 6 nitrogen and oxygen atoms in total. The van der Waals surface area contributed by atoms with Crippen molar-refractivity contribution in [3.63, 3.8) is 0 Å². The van der Waals surface area contributed by atoms with Crippen LogP contribution in [0.15, 0.2) is 24.5 Å². The summed E-state index contributed by atoms with van der Waals surface area (Å²) in [5.74, 6) is 0.565. The van der Waals surface area contributed by atoms with Crippen LogP contribution in [0.3, 0.4) is 0 Å². The molecule has 23 heavy (non-hydrogen) atoms. The van der Waals surface area contributed by atoms with Crippen molar-refractivity contribution in [1.82, 2.24) is 14.7 Å². The number of pyridine rings is 1. The van der Waals surface area contributed by atoms with E-state index in [1.165, 1.54) is 0 Å². The van der Waals surface area contributed by atoms with Crippen LogP contribution in [-0.2, 0) is 9.47 Å². The predicted molar refractivity (Wildman–Crippen MR) is 84.4 cm³/mol. The van der Waals surface area contributed by atoms with Crippen LogP contribution in [0.4, 0.5) is 0 Å². The second kappa shape index (κ2) is 5.62. The number of imidazole rings is 1. The molecule has 0 aromatic carbocycles. The maximum atomic E-state index is 12.8. The van der Waals surface area contributed by atoms with Gasteiger partial charge >= 0.3 is 0 Å². The average Bonchev–Trinajstić information content (AvgIpc) is 3.12. The van der Waals surface area contributed by atoms with E-state index >= 15 is 0 Å². The summed E-state index contributed by atoms with van der Waals surface area (Å²) in [6.07, 6.45) is 5.06. The lowest BCUT2D eigenvalue weighted by Crippen LogP contribution is -2.62. The number of aryl methyl sites for hydroxylation is 1. The monoisotopic (exact) mass is 315 g/mol. The molecular formula is C17H21N3O3. The summed E-state index contributed by atoms with van der Waals surface area (Å²) in [6.45, 7) is 3.31. The Hall–Kier alpha value is -1.92. The van der Waals surface area contributed by atoms with Crippen molar-refractivity contribution in [2.24, 2.45) is 11.8 Å². The molecular weight excluding hydrogens is 294 g/mol. The van der Waals surface area contributed by atoms with Crippen LogP contribution in [0.25, 0.3) is 5.65 Å². The molecule has 2 aromatic heterocycles. The fourth-order valence-electron chi connectivity index (χ4n) is 3.98. The van der Waals surface area contributed by atoms with Gasteiger partial charge in [-0.2, -0.15) is 0 Å². The van der Waals surface area contributed by atoms with E-state index in [1.807, 2.05) is 35.9 Å². The molecule has 3 heterocycles. The van der Waals surface area contributed by atoms with E-state index in [9.17, 15) is 4.79 Å². The smallest absolute Gasteiger partial charge is 0.255 e. The van der Waals surface area contributed by atoms with E-state index < -0.39 is 0 Å². The fraction of sp³-hybridized carbons (Fsp3) is 0.529. The molecule has 0 bridgehead atoms. The molecule has 0 spiro atoms. The second-order valence-electron chi connectivity index (χ2n) is 6.44. The van der Waals surface area contributed by atoms with Gasteiger partial charge < -0.3 is 19.2 Å². The predicted octanol–water partition coefficient (Wildman–Crippen LogP) is 1.42. The Balaban J connectivity index is 1.57. The molecule has 6 heteroatoms. The zero-order valence-electron chi connectivity index (χ0n) is 13.4. The number of nitrogens with zero attached hydrogens (tertiary/aromatic N) is 2. The minimum absolute atomic E-state index is 0.0716. The molecule has 4 atom stereocenters. The number of methoxy groups -OCH3 is 1. The topological polar surface area (TPSA) is 64.9 Å². The van der Waals surface area contributed by atoms with E-state index in [4.69, 9.17) is 9.47 Å². The largest absolute Gasteiger partial charge is 0.384 e. The highest BCUT2D eigenvalue weighted by Crippen LogP contribution is 2.43. The molecule has 0 radical (unpaired) electrons. The number of hydrogen-bond acceptors (Lipinski definition) is 4. The normalized spacial score (nSPS) is 29.3. The highest BCUT2D eigenvalue weighted by molar-refractivity contribution is 6.00. The number of carbonyl (C=O) groups is 1. The Morgan fingerprint density at radius 2 is 2.43 bits per heavy atom. The van der Waals surface area contributed by atoms with Gasteiger partial charge in [0.05, 0.1) is 24.0 Å². The molecule has 2 aliphatic rings. The second-order valence-corrected chi connectivity index (χ2v) is 6.44. The summed E-state index contributed by atoms with van der Waals surface area (Å²) in [5.41, 5.74) is 2.21. The van der Waals surface area contributed by atoms with Gasteiger partial charge in [-0.15, -0.1) is 0 Å². The minimum Gasteiger partial charge on any atom is -0.384 e.